The average Bonchev–Trinajstić information content (AvgIpc) is 2.71. The van der Waals surface area contributed by atoms with Gasteiger partial charge in [-0.25, -0.2) is 4.79 Å². The highest BCUT2D eigenvalue weighted by atomic mass is 16.5. The van der Waals surface area contributed by atoms with Gasteiger partial charge in [0, 0.05) is 38.2 Å². The molecule has 0 unspecified atom stereocenters. The Labute approximate surface area is 167 Å². The van der Waals surface area contributed by atoms with Crippen molar-refractivity contribution < 1.29 is 19.1 Å². The minimum Gasteiger partial charge on any atom is -0.461 e. The van der Waals surface area contributed by atoms with Crippen molar-refractivity contribution in [2.24, 2.45) is 5.92 Å². The molecule has 0 aromatic heterocycles. The lowest BCUT2D eigenvalue weighted by molar-refractivity contribution is -0.132. The Balaban J connectivity index is 1.79. The fraction of sp³-hybridized carbons (Fsp3) is 0.571. The average molecular weight is 389 g/mol. The Kier molecular flexibility index (Phi) is 8.44. The van der Waals surface area contributed by atoms with Gasteiger partial charge in [0.25, 0.3) is 0 Å². The summed E-state index contributed by atoms with van der Waals surface area (Å²) in [5.74, 6) is -0.446. The Morgan fingerprint density at radius 1 is 1.11 bits per heavy atom. The number of amides is 2. The van der Waals surface area contributed by atoms with Gasteiger partial charge < -0.3 is 19.9 Å². The fourth-order valence-electron chi connectivity index (χ4n) is 3.28. The minimum absolute atomic E-state index is 0.0437. The molecule has 0 saturated carbocycles. The quantitative estimate of drug-likeness (QED) is 0.691. The van der Waals surface area contributed by atoms with Crippen LogP contribution in [-0.4, -0.2) is 66.9 Å². The topological polar surface area (TPSA) is 79.0 Å². The van der Waals surface area contributed by atoms with E-state index in [1.165, 1.54) is 0 Å². The van der Waals surface area contributed by atoms with Crippen molar-refractivity contribution in [2.75, 3.05) is 44.6 Å². The molecule has 1 fully saturated rings. The number of esters is 1. The lowest BCUT2D eigenvalue weighted by Gasteiger charge is -2.30. The summed E-state index contributed by atoms with van der Waals surface area (Å²) < 4.78 is 5.31. The van der Waals surface area contributed by atoms with Crippen LogP contribution in [-0.2, 0) is 14.3 Å². The molecule has 0 atom stereocenters. The number of rotatable bonds is 8. The number of nitrogens with zero attached hydrogens (tertiary/aromatic N) is 2. The Morgan fingerprint density at radius 3 is 2.25 bits per heavy atom. The van der Waals surface area contributed by atoms with Gasteiger partial charge >= 0.3 is 5.97 Å². The Hall–Kier alpha value is -2.41. The molecule has 28 heavy (non-hydrogen) atoms. The maximum Gasteiger partial charge on any atom is 0.338 e. The van der Waals surface area contributed by atoms with Crippen LogP contribution in [0.4, 0.5) is 5.69 Å². The van der Waals surface area contributed by atoms with Gasteiger partial charge in [-0.3, -0.25) is 9.59 Å². The number of likely N-dealkylation sites (tertiary alicyclic amines) is 1. The molecular formula is C21H31N3O4. The number of nitrogens with one attached hydrogen (secondary N) is 1. The second-order valence-corrected chi connectivity index (χ2v) is 7.01. The second kappa shape index (κ2) is 10.8. The number of ether oxygens (including phenoxy) is 1. The van der Waals surface area contributed by atoms with E-state index in [-0.39, 0.29) is 23.7 Å². The van der Waals surface area contributed by atoms with E-state index >= 15 is 0 Å². The first kappa shape index (κ1) is 21.9. The maximum absolute atomic E-state index is 12.4. The highest BCUT2D eigenvalue weighted by molar-refractivity contribution is 5.94. The molecule has 2 rings (SSSR count). The van der Waals surface area contributed by atoms with Crippen LogP contribution in [0, 0.1) is 5.92 Å². The van der Waals surface area contributed by atoms with Crippen molar-refractivity contribution in [3.05, 3.63) is 29.8 Å². The summed E-state index contributed by atoms with van der Waals surface area (Å²) in [7, 11) is 0. The first-order chi connectivity index (χ1) is 13.4. The first-order valence-corrected chi connectivity index (χ1v) is 10.0. The van der Waals surface area contributed by atoms with Crippen LogP contribution in [0.1, 0.15) is 44.0 Å². The van der Waals surface area contributed by atoms with Crippen LogP contribution in [0.5, 0.6) is 0 Å². The summed E-state index contributed by atoms with van der Waals surface area (Å²) in [5, 5.41) is 2.89. The number of benzene rings is 1. The lowest BCUT2D eigenvalue weighted by atomic mass is 9.96. The number of anilines is 1. The van der Waals surface area contributed by atoms with E-state index in [4.69, 9.17) is 4.74 Å². The van der Waals surface area contributed by atoms with Gasteiger partial charge in [0.05, 0.1) is 5.56 Å². The zero-order valence-electron chi connectivity index (χ0n) is 17.1. The molecular weight excluding hydrogens is 358 g/mol. The zero-order chi connectivity index (χ0) is 20.5. The van der Waals surface area contributed by atoms with E-state index in [2.05, 4.69) is 24.1 Å². The van der Waals surface area contributed by atoms with Crippen molar-refractivity contribution in [1.29, 1.82) is 0 Å². The molecule has 1 aromatic rings. The normalized spacial score (nSPS) is 14.8. The molecule has 0 spiro atoms. The Bertz CT molecular complexity index is 663. The van der Waals surface area contributed by atoms with Crippen LogP contribution in [0.25, 0.3) is 0 Å². The molecule has 0 radical (unpaired) electrons. The van der Waals surface area contributed by atoms with E-state index in [1.54, 1.807) is 36.1 Å². The first-order valence-electron chi connectivity index (χ1n) is 10.0. The number of hydrogen-bond donors (Lipinski definition) is 1. The molecule has 154 valence electrons. The summed E-state index contributed by atoms with van der Waals surface area (Å²) in [4.78, 5) is 39.8. The SMILES string of the molecule is CCN(CC)CCOC(=O)c1ccc(NC(=O)C2CCN(C(C)=O)CC2)cc1. The van der Waals surface area contributed by atoms with Crippen LogP contribution >= 0.6 is 0 Å². The lowest BCUT2D eigenvalue weighted by Crippen LogP contribution is -2.40. The zero-order valence-corrected chi connectivity index (χ0v) is 17.1. The van der Waals surface area contributed by atoms with E-state index in [0.717, 1.165) is 19.6 Å². The molecule has 7 heteroatoms. The molecule has 1 N–H and O–H groups in total. The third-order valence-electron chi connectivity index (χ3n) is 5.23. The number of carbonyl (C=O) groups excluding carboxylic acids is 3. The number of carbonyl (C=O) groups is 3. The van der Waals surface area contributed by atoms with Crippen molar-refractivity contribution in [1.82, 2.24) is 9.80 Å². The molecule has 1 aromatic carbocycles. The summed E-state index contributed by atoms with van der Waals surface area (Å²) in [6.45, 7) is 9.86. The molecule has 1 aliphatic heterocycles. The predicted molar refractivity (Wildman–Crippen MR) is 108 cm³/mol. The molecule has 1 saturated heterocycles. The van der Waals surface area contributed by atoms with Gasteiger partial charge in [-0.05, 0) is 50.2 Å². The molecule has 2 amide bonds. The smallest absolute Gasteiger partial charge is 0.338 e. The van der Waals surface area contributed by atoms with E-state index in [1.807, 2.05) is 0 Å². The largest absolute Gasteiger partial charge is 0.461 e. The van der Waals surface area contributed by atoms with Gasteiger partial charge in [0.1, 0.15) is 6.61 Å². The van der Waals surface area contributed by atoms with Crippen molar-refractivity contribution in [3.8, 4) is 0 Å². The number of piperidine rings is 1. The van der Waals surface area contributed by atoms with Crippen molar-refractivity contribution in [3.63, 3.8) is 0 Å². The highest BCUT2D eigenvalue weighted by Crippen LogP contribution is 2.20. The van der Waals surface area contributed by atoms with Crippen LogP contribution in [0.15, 0.2) is 24.3 Å². The second-order valence-electron chi connectivity index (χ2n) is 7.01. The molecule has 0 aliphatic carbocycles. The van der Waals surface area contributed by atoms with Crippen LogP contribution in [0.3, 0.4) is 0 Å². The summed E-state index contributed by atoms with van der Waals surface area (Å²) in [6.07, 6.45) is 1.34. The van der Waals surface area contributed by atoms with E-state index in [0.29, 0.717) is 43.8 Å². The standard InChI is InChI=1S/C21H31N3O4/c1-4-23(5-2)14-15-28-21(27)18-6-8-19(9-7-18)22-20(26)17-10-12-24(13-11-17)16(3)25/h6-9,17H,4-5,10-15H2,1-3H3,(H,22,26). The van der Waals surface area contributed by atoms with Gasteiger partial charge in [-0.1, -0.05) is 13.8 Å². The van der Waals surface area contributed by atoms with Crippen LogP contribution < -0.4 is 5.32 Å². The monoisotopic (exact) mass is 389 g/mol. The fourth-order valence-corrected chi connectivity index (χ4v) is 3.28. The number of hydrogen-bond acceptors (Lipinski definition) is 5. The maximum atomic E-state index is 12.4. The van der Waals surface area contributed by atoms with E-state index < -0.39 is 0 Å². The number of likely N-dealkylation sites (N-methyl/N-ethyl adjacent to an activating group) is 1. The van der Waals surface area contributed by atoms with Crippen LogP contribution in [0.2, 0.25) is 0 Å². The highest BCUT2D eigenvalue weighted by Gasteiger charge is 2.26. The molecule has 1 heterocycles. The Morgan fingerprint density at radius 2 is 1.71 bits per heavy atom. The van der Waals surface area contributed by atoms with Gasteiger partial charge in [-0.15, -0.1) is 0 Å². The van der Waals surface area contributed by atoms with Crippen molar-refractivity contribution in [2.45, 2.75) is 33.6 Å². The minimum atomic E-state index is -0.360. The van der Waals surface area contributed by atoms with Gasteiger partial charge in [0.15, 0.2) is 0 Å². The van der Waals surface area contributed by atoms with Gasteiger partial charge in [0.2, 0.25) is 11.8 Å². The molecule has 1 aliphatic rings. The summed E-state index contributed by atoms with van der Waals surface area (Å²) in [5.41, 5.74) is 1.12. The molecule has 0 bridgehead atoms. The summed E-state index contributed by atoms with van der Waals surface area (Å²) >= 11 is 0. The third kappa shape index (κ3) is 6.34. The van der Waals surface area contributed by atoms with Gasteiger partial charge in [-0.2, -0.15) is 0 Å². The third-order valence-corrected chi connectivity index (χ3v) is 5.23. The predicted octanol–water partition coefficient (Wildman–Crippen LogP) is 2.38. The van der Waals surface area contributed by atoms with E-state index in [9.17, 15) is 14.4 Å². The summed E-state index contributed by atoms with van der Waals surface area (Å²) in [6, 6.07) is 6.74. The van der Waals surface area contributed by atoms with Crippen molar-refractivity contribution >= 4 is 23.5 Å². The molecule has 7 nitrogen and oxygen atoms in total.